The molecule has 25 heavy (non-hydrogen) atoms. The molecule has 4 aliphatic rings. The predicted octanol–water partition coefficient (Wildman–Crippen LogP) is 2.08. The fourth-order valence-electron chi connectivity index (χ4n) is 5.71. The van der Waals surface area contributed by atoms with E-state index in [-0.39, 0.29) is 42.2 Å². The van der Waals surface area contributed by atoms with Crippen LogP contribution in [0.5, 0.6) is 0 Å². The molecule has 3 saturated carbocycles. The molecule has 0 aromatic rings. The van der Waals surface area contributed by atoms with Crippen molar-refractivity contribution < 1.29 is 9.59 Å². The molecule has 142 valence electrons. The Hall–Kier alpha value is -0.810. The van der Waals surface area contributed by atoms with E-state index in [2.05, 4.69) is 5.32 Å². The second-order valence-electron chi connectivity index (χ2n) is 8.55. The number of rotatable bonds is 3. The van der Waals surface area contributed by atoms with Crippen molar-refractivity contribution in [3.8, 4) is 0 Å². The number of hydrogen-bond acceptors (Lipinski definition) is 3. The zero-order valence-electron chi connectivity index (χ0n) is 15.0. The maximum Gasteiger partial charge on any atom is 0.225 e. The fraction of sp³-hybridized carbons (Fsp3) is 0.895. The van der Waals surface area contributed by atoms with Gasteiger partial charge in [-0.25, -0.2) is 0 Å². The van der Waals surface area contributed by atoms with Crippen LogP contribution in [0, 0.1) is 23.7 Å². The SMILES string of the molecule is Cl.NC1C2CCC(C2)C1C(=O)NC1CCN(C(=O)C2CCCCC2)C1. The van der Waals surface area contributed by atoms with Crippen molar-refractivity contribution in [2.45, 2.75) is 69.9 Å². The zero-order chi connectivity index (χ0) is 16.7. The molecule has 3 N–H and O–H groups in total. The van der Waals surface area contributed by atoms with Crippen LogP contribution in [0.15, 0.2) is 0 Å². The molecule has 3 aliphatic carbocycles. The van der Waals surface area contributed by atoms with Crippen molar-refractivity contribution in [1.82, 2.24) is 10.2 Å². The molecular weight excluding hydrogens is 338 g/mol. The minimum Gasteiger partial charge on any atom is -0.351 e. The van der Waals surface area contributed by atoms with Gasteiger partial charge in [-0.1, -0.05) is 19.3 Å². The van der Waals surface area contributed by atoms with E-state index in [0.29, 0.717) is 24.3 Å². The second-order valence-corrected chi connectivity index (χ2v) is 8.55. The van der Waals surface area contributed by atoms with Gasteiger partial charge in [-0.15, -0.1) is 12.4 Å². The third kappa shape index (κ3) is 3.68. The second kappa shape index (κ2) is 7.83. The lowest BCUT2D eigenvalue weighted by atomic mass is 9.84. The standard InChI is InChI=1S/C19H31N3O2.ClH/c20-17-14-7-6-13(10-14)16(17)18(23)21-15-8-9-22(11-15)19(24)12-4-2-1-3-5-12;/h12-17H,1-11,20H2,(H,21,23);1H. The Morgan fingerprint density at radius 3 is 2.36 bits per heavy atom. The molecule has 0 aromatic heterocycles. The lowest BCUT2D eigenvalue weighted by Crippen LogP contribution is -2.49. The van der Waals surface area contributed by atoms with Crippen molar-refractivity contribution in [3.05, 3.63) is 0 Å². The lowest BCUT2D eigenvalue weighted by Gasteiger charge is -2.29. The smallest absolute Gasteiger partial charge is 0.225 e. The van der Waals surface area contributed by atoms with Gasteiger partial charge in [0.15, 0.2) is 0 Å². The molecule has 1 aliphatic heterocycles. The van der Waals surface area contributed by atoms with Gasteiger partial charge in [-0.3, -0.25) is 9.59 Å². The molecule has 1 heterocycles. The quantitative estimate of drug-likeness (QED) is 0.799. The highest BCUT2D eigenvalue weighted by molar-refractivity contribution is 5.85. The number of likely N-dealkylation sites (tertiary alicyclic amines) is 1. The molecular formula is C19H32ClN3O2. The van der Waals surface area contributed by atoms with Gasteiger partial charge in [-0.05, 0) is 50.4 Å². The molecule has 4 rings (SSSR count). The number of nitrogens with two attached hydrogens (primary N) is 1. The summed E-state index contributed by atoms with van der Waals surface area (Å²) >= 11 is 0. The van der Waals surface area contributed by atoms with Crippen LogP contribution in [0.25, 0.3) is 0 Å². The number of halogens is 1. The summed E-state index contributed by atoms with van der Waals surface area (Å²) in [7, 11) is 0. The zero-order valence-corrected chi connectivity index (χ0v) is 15.8. The van der Waals surface area contributed by atoms with Crippen molar-refractivity contribution in [2.24, 2.45) is 29.4 Å². The first-order valence-corrected chi connectivity index (χ1v) is 9.98. The number of fused-ring (bicyclic) bond motifs is 2. The van der Waals surface area contributed by atoms with Crippen LogP contribution in [0.4, 0.5) is 0 Å². The maximum atomic E-state index is 12.7. The lowest BCUT2D eigenvalue weighted by molar-refractivity contribution is -0.136. The molecule has 1 saturated heterocycles. The van der Waals surface area contributed by atoms with Crippen LogP contribution >= 0.6 is 12.4 Å². The molecule has 5 unspecified atom stereocenters. The first kappa shape index (κ1) is 19.0. The Bertz CT molecular complexity index is 507. The molecule has 5 atom stereocenters. The summed E-state index contributed by atoms with van der Waals surface area (Å²) in [4.78, 5) is 27.3. The van der Waals surface area contributed by atoms with Gasteiger partial charge in [0, 0.05) is 31.1 Å². The molecule has 6 heteroatoms. The van der Waals surface area contributed by atoms with E-state index < -0.39 is 0 Å². The van der Waals surface area contributed by atoms with Crippen LogP contribution in [0.1, 0.15) is 57.8 Å². The van der Waals surface area contributed by atoms with E-state index in [1.165, 1.54) is 25.7 Å². The number of amides is 2. The summed E-state index contributed by atoms with van der Waals surface area (Å²) in [5, 5.41) is 3.21. The number of carbonyl (C=O) groups excluding carboxylic acids is 2. The molecule has 0 aromatic carbocycles. The van der Waals surface area contributed by atoms with Crippen LogP contribution in [0.2, 0.25) is 0 Å². The van der Waals surface area contributed by atoms with Crippen LogP contribution in [-0.2, 0) is 9.59 Å². The van der Waals surface area contributed by atoms with E-state index in [9.17, 15) is 9.59 Å². The first-order valence-electron chi connectivity index (χ1n) is 9.98. The van der Waals surface area contributed by atoms with E-state index >= 15 is 0 Å². The Balaban J connectivity index is 0.00000182. The highest BCUT2D eigenvalue weighted by atomic mass is 35.5. The average Bonchev–Trinajstić information content (AvgIpc) is 3.31. The van der Waals surface area contributed by atoms with Gasteiger partial charge in [0.2, 0.25) is 11.8 Å². The van der Waals surface area contributed by atoms with Gasteiger partial charge >= 0.3 is 0 Å². The van der Waals surface area contributed by atoms with Crippen molar-refractivity contribution >= 4 is 24.2 Å². The predicted molar refractivity (Wildman–Crippen MR) is 99.2 cm³/mol. The maximum absolute atomic E-state index is 12.7. The molecule has 2 bridgehead atoms. The third-order valence-corrected chi connectivity index (χ3v) is 7.08. The Morgan fingerprint density at radius 2 is 1.68 bits per heavy atom. The van der Waals surface area contributed by atoms with E-state index in [1.807, 2.05) is 4.90 Å². The third-order valence-electron chi connectivity index (χ3n) is 7.08. The molecule has 5 nitrogen and oxygen atoms in total. The van der Waals surface area contributed by atoms with E-state index in [1.54, 1.807) is 0 Å². The highest BCUT2D eigenvalue weighted by Crippen LogP contribution is 2.47. The Kier molecular flexibility index (Phi) is 5.94. The van der Waals surface area contributed by atoms with Gasteiger partial charge in [0.1, 0.15) is 0 Å². The normalized spacial score (nSPS) is 37.8. The fourth-order valence-corrected chi connectivity index (χ4v) is 5.71. The largest absolute Gasteiger partial charge is 0.351 e. The van der Waals surface area contributed by atoms with Crippen LogP contribution in [-0.4, -0.2) is 41.9 Å². The van der Waals surface area contributed by atoms with Crippen molar-refractivity contribution in [2.75, 3.05) is 13.1 Å². The summed E-state index contributed by atoms with van der Waals surface area (Å²) < 4.78 is 0. The summed E-state index contributed by atoms with van der Waals surface area (Å²) in [6.45, 7) is 1.49. The first-order chi connectivity index (χ1) is 11.6. The minimum absolute atomic E-state index is 0. The van der Waals surface area contributed by atoms with Crippen molar-refractivity contribution in [1.29, 1.82) is 0 Å². The minimum atomic E-state index is 0. The Labute approximate surface area is 156 Å². The summed E-state index contributed by atoms with van der Waals surface area (Å²) in [6.07, 6.45) is 10.1. The molecule has 0 radical (unpaired) electrons. The number of hydrogen-bond donors (Lipinski definition) is 2. The van der Waals surface area contributed by atoms with Crippen LogP contribution < -0.4 is 11.1 Å². The topological polar surface area (TPSA) is 75.4 Å². The highest BCUT2D eigenvalue weighted by Gasteiger charge is 2.49. The van der Waals surface area contributed by atoms with Crippen molar-refractivity contribution in [3.63, 3.8) is 0 Å². The molecule has 2 amide bonds. The number of carbonyl (C=O) groups is 2. The Morgan fingerprint density at radius 1 is 0.960 bits per heavy atom. The van der Waals surface area contributed by atoms with Crippen LogP contribution in [0.3, 0.4) is 0 Å². The molecule has 4 fully saturated rings. The monoisotopic (exact) mass is 369 g/mol. The van der Waals surface area contributed by atoms with Gasteiger partial charge in [-0.2, -0.15) is 0 Å². The van der Waals surface area contributed by atoms with E-state index in [0.717, 1.165) is 38.6 Å². The van der Waals surface area contributed by atoms with E-state index in [4.69, 9.17) is 5.73 Å². The van der Waals surface area contributed by atoms with Gasteiger partial charge in [0.05, 0.1) is 5.92 Å². The summed E-state index contributed by atoms with van der Waals surface area (Å²) in [6, 6.07) is 0.168. The average molecular weight is 370 g/mol. The summed E-state index contributed by atoms with van der Waals surface area (Å²) in [5.41, 5.74) is 6.29. The summed E-state index contributed by atoms with van der Waals surface area (Å²) in [5.74, 6) is 1.75. The van der Waals surface area contributed by atoms with Gasteiger partial charge < -0.3 is 16.0 Å². The number of nitrogens with one attached hydrogen (secondary N) is 1. The van der Waals surface area contributed by atoms with Gasteiger partial charge in [0.25, 0.3) is 0 Å². The number of nitrogens with zero attached hydrogens (tertiary/aromatic N) is 1. The molecule has 0 spiro atoms.